The lowest BCUT2D eigenvalue weighted by Crippen LogP contribution is -2.57. The summed E-state index contributed by atoms with van der Waals surface area (Å²) in [6.07, 6.45) is 7.73. The Kier molecular flexibility index (Phi) is 6.78. The average molecular weight is 377 g/mol. The van der Waals surface area contributed by atoms with Crippen LogP contribution >= 0.6 is 0 Å². The maximum Gasteiger partial charge on any atom is 0.0558 e. The Morgan fingerprint density at radius 2 is 1.78 bits per heavy atom. The Morgan fingerprint density at radius 3 is 2.48 bits per heavy atom. The highest BCUT2D eigenvalue weighted by Crippen LogP contribution is 2.27. The van der Waals surface area contributed by atoms with Crippen molar-refractivity contribution in [3.63, 3.8) is 0 Å². The van der Waals surface area contributed by atoms with Crippen molar-refractivity contribution < 1.29 is 5.11 Å². The third-order valence-corrected chi connectivity index (χ3v) is 6.83. The largest absolute Gasteiger partial charge is 0.395 e. The molecule has 0 aromatic carbocycles. The minimum absolute atomic E-state index is 0.283. The molecule has 1 aromatic rings. The molecule has 27 heavy (non-hydrogen) atoms. The van der Waals surface area contributed by atoms with Crippen molar-refractivity contribution in [2.24, 2.45) is 5.92 Å². The molecule has 0 aliphatic carbocycles. The van der Waals surface area contributed by atoms with Gasteiger partial charge in [0.1, 0.15) is 0 Å². The van der Waals surface area contributed by atoms with E-state index in [1.54, 1.807) is 0 Å². The van der Waals surface area contributed by atoms with Gasteiger partial charge in [-0.25, -0.2) is 0 Å². The number of β-amino-alcohol motifs (C(OH)–C–C–N with tert-alkyl or cyclic N) is 1. The molecule has 7 nitrogen and oxygen atoms in total. The van der Waals surface area contributed by atoms with Crippen LogP contribution in [0.5, 0.6) is 0 Å². The number of nitrogens with one attached hydrogen (secondary N) is 1. The number of likely N-dealkylation sites (tertiary alicyclic amines) is 1. The zero-order chi connectivity index (χ0) is 18.5. The van der Waals surface area contributed by atoms with Gasteiger partial charge in [0.05, 0.1) is 12.6 Å². The summed E-state index contributed by atoms with van der Waals surface area (Å²) in [4.78, 5) is 7.79. The van der Waals surface area contributed by atoms with Crippen molar-refractivity contribution in [1.29, 1.82) is 0 Å². The molecule has 1 aromatic heterocycles. The maximum atomic E-state index is 9.13. The zero-order valence-electron chi connectivity index (χ0n) is 16.5. The van der Waals surface area contributed by atoms with Gasteiger partial charge >= 0.3 is 0 Å². The first kappa shape index (κ1) is 19.3. The minimum Gasteiger partial charge on any atom is -0.395 e. The van der Waals surface area contributed by atoms with E-state index in [1.807, 2.05) is 12.3 Å². The number of hydrogen-bond acceptors (Lipinski definition) is 6. The van der Waals surface area contributed by atoms with Crippen LogP contribution in [0.1, 0.15) is 25.3 Å². The van der Waals surface area contributed by atoms with E-state index in [0.29, 0.717) is 12.1 Å². The van der Waals surface area contributed by atoms with E-state index >= 15 is 0 Å². The third kappa shape index (κ3) is 4.90. The fraction of sp³-hybridized carbons (Fsp3) is 0.850. The van der Waals surface area contributed by atoms with Gasteiger partial charge in [0.25, 0.3) is 0 Å². The molecule has 4 rings (SSSR count). The topological polar surface area (TPSA) is 59.8 Å². The van der Waals surface area contributed by atoms with Gasteiger partial charge < -0.3 is 15.3 Å². The summed E-state index contributed by atoms with van der Waals surface area (Å²) in [6, 6.07) is 3.28. The fourth-order valence-corrected chi connectivity index (χ4v) is 5.18. The summed E-state index contributed by atoms with van der Waals surface area (Å²) in [5, 5.41) is 17.2. The second-order valence-corrected chi connectivity index (χ2v) is 8.44. The van der Waals surface area contributed by atoms with Gasteiger partial charge in [0, 0.05) is 77.3 Å². The molecule has 3 fully saturated rings. The van der Waals surface area contributed by atoms with Crippen molar-refractivity contribution in [3.8, 4) is 0 Å². The van der Waals surface area contributed by atoms with Crippen LogP contribution in [0, 0.1) is 5.92 Å². The van der Waals surface area contributed by atoms with Crippen LogP contribution in [0.15, 0.2) is 18.5 Å². The van der Waals surface area contributed by atoms with Crippen molar-refractivity contribution >= 4 is 0 Å². The van der Waals surface area contributed by atoms with Crippen LogP contribution in [-0.4, -0.2) is 108 Å². The molecular weight excluding hydrogens is 340 g/mol. The first-order chi connectivity index (χ1) is 13.3. The number of aliphatic hydroxyl groups is 1. The molecule has 7 heteroatoms. The van der Waals surface area contributed by atoms with Gasteiger partial charge in [-0.3, -0.25) is 14.5 Å². The predicted molar refractivity (Wildman–Crippen MR) is 107 cm³/mol. The van der Waals surface area contributed by atoms with Crippen molar-refractivity contribution in [3.05, 3.63) is 18.5 Å². The molecule has 2 N–H and O–H groups in total. The highest BCUT2D eigenvalue weighted by Gasteiger charge is 2.34. The number of aromatic nitrogens is 2. The maximum absolute atomic E-state index is 9.13. The molecule has 152 valence electrons. The van der Waals surface area contributed by atoms with E-state index in [1.165, 1.54) is 38.9 Å². The normalized spacial score (nSPS) is 30.0. The zero-order valence-corrected chi connectivity index (χ0v) is 16.5. The van der Waals surface area contributed by atoms with E-state index in [4.69, 9.17) is 5.11 Å². The van der Waals surface area contributed by atoms with Gasteiger partial charge in [-0.05, 0) is 37.8 Å². The summed E-state index contributed by atoms with van der Waals surface area (Å²) >= 11 is 0. The molecule has 4 heterocycles. The summed E-state index contributed by atoms with van der Waals surface area (Å²) < 4.78 is 2.15. The molecule has 3 aliphatic heterocycles. The lowest BCUT2D eigenvalue weighted by molar-refractivity contribution is 0.0431. The molecule has 3 saturated heterocycles. The van der Waals surface area contributed by atoms with Gasteiger partial charge in [0.2, 0.25) is 0 Å². The van der Waals surface area contributed by atoms with E-state index in [-0.39, 0.29) is 6.61 Å². The van der Waals surface area contributed by atoms with Crippen LogP contribution in [0.3, 0.4) is 0 Å². The van der Waals surface area contributed by atoms with Crippen LogP contribution in [-0.2, 0) is 0 Å². The Hall–Kier alpha value is -0.990. The molecular formula is C20H36N6O. The van der Waals surface area contributed by atoms with Crippen LogP contribution in [0.25, 0.3) is 0 Å². The summed E-state index contributed by atoms with van der Waals surface area (Å²) in [5.74, 6) is 0.775. The van der Waals surface area contributed by atoms with E-state index in [2.05, 4.69) is 36.0 Å². The highest BCUT2D eigenvalue weighted by atomic mass is 16.3. The molecule has 2 unspecified atom stereocenters. The number of aliphatic hydroxyl groups excluding tert-OH is 1. The SMILES string of the molecule is OCCN1CCN(CC2CCNCC2N2CCC(n3cccn3)CC2)CC1. The Morgan fingerprint density at radius 1 is 1.00 bits per heavy atom. The quantitative estimate of drug-likeness (QED) is 0.735. The van der Waals surface area contributed by atoms with Crippen molar-refractivity contribution in [1.82, 2.24) is 29.8 Å². The molecule has 0 bridgehead atoms. The van der Waals surface area contributed by atoms with Gasteiger partial charge in [-0.1, -0.05) is 0 Å². The standard InChI is InChI=1S/C20H36N6O/c27-15-14-23-10-12-24(13-11-23)17-18-2-6-21-16-20(18)25-8-3-19(4-9-25)26-7-1-5-22-26/h1,5,7,18-21,27H,2-4,6,8-17H2. The number of hydrogen-bond donors (Lipinski definition) is 2. The minimum atomic E-state index is 0.283. The van der Waals surface area contributed by atoms with Crippen LogP contribution in [0.2, 0.25) is 0 Å². The van der Waals surface area contributed by atoms with Crippen molar-refractivity contribution in [2.45, 2.75) is 31.3 Å². The van der Waals surface area contributed by atoms with Crippen LogP contribution in [0.4, 0.5) is 0 Å². The third-order valence-electron chi connectivity index (χ3n) is 6.83. The number of rotatable bonds is 6. The van der Waals surface area contributed by atoms with Gasteiger partial charge in [0.15, 0.2) is 0 Å². The molecule has 0 spiro atoms. The Bertz CT molecular complexity index is 537. The van der Waals surface area contributed by atoms with E-state index in [9.17, 15) is 0 Å². The first-order valence-electron chi connectivity index (χ1n) is 10.8. The molecule has 0 amide bonds. The number of nitrogens with zero attached hydrogens (tertiary/aromatic N) is 5. The molecule has 2 atom stereocenters. The lowest BCUT2D eigenvalue weighted by atomic mass is 9.89. The second kappa shape index (κ2) is 9.47. The average Bonchev–Trinajstić information content (AvgIpc) is 3.25. The Labute approximate surface area is 163 Å². The fourth-order valence-electron chi connectivity index (χ4n) is 5.18. The predicted octanol–water partition coefficient (Wildman–Crippen LogP) is 0.108. The summed E-state index contributed by atoms with van der Waals surface area (Å²) in [6.45, 7) is 11.5. The van der Waals surface area contributed by atoms with Crippen molar-refractivity contribution in [2.75, 3.05) is 72.1 Å². The molecule has 3 aliphatic rings. The molecule has 0 radical (unpaired) electrons. The Balaban J connectivity index is 1.28. The number of piperazine rings is 1. The van der Waals surface area contributed by atoms with Gasteiger partial charge in [-0.15, -0.1) is 0 Å². The van der Waals surface area contributed by atoms with Gasteiger partial charge in [-0.2, -0.15) is 5.10 Å². The first-order valence-corrected chi connectivity index (χ1v) is 10.8. The highest BCUT2D eigenvalue weighted by molar-refractivity contribution is 4.92. The second-order valence-electron chi connectivity index (χ2n) is 8.44. The smallest absolute Gasteiger partial charge is 0.0558 e. The van der Waals surface area contributed by atoms with E-state index in [0.717, 1.165) is 51.7 Å². The summed E-state index contributed by atoms with van der Waals surface area (Å²) in [5.41, 5.74) is 0. The monoisotopic (exact) mass is 376 g/mol. The lowest BCUT2D eigenvalue weighted by Gasteiger charge is -2.45. The molecule has 0 saturated carbocycles. The van der Waals surface area contributed by atoms with E-state index < -0.39 is 0 Å². The van der Waals surface area contributed by atoms with Crippen LogP contribution < -0.4 is 5.32 Å². The summed E-state index contributed by atoms with van der Waals surface area (Å²) in [7, 11) is 0. The number of piperidine rings is 2.